The largest absolute Gasteiger partial charge is 0.352 e. The molecule has 1 atom stereocenters. The maximum Gasteiger partial charge on any atom is 0.258 e. The third-order valence-corrected chi connectivity index (χ3v) is 6.35. The van der Waals surface area contributed by atoms with Crippen molar-refractivity contribution in [2.24, 2.45) is 5.92 Å². The van der Waals surface area contributed by atoms with E-state index >= 15 is 0 Å². The fraction of sp³-hybridized carbons (Fsp3) is 0.440. The van der Waals surface area contributed by atoms with Crippen LogP contribution in [0.25, 0.3) is 0 Å². The Morgan fingerprint density at radius 1 is 1.07 bits per heavy atom. The molecule has 4 heteroatoms. The van der Waals surface area contributed by atoms with Gasteiger partial charge in [0, 0.05) is 30.3 Å². The molecule has 0 unspecified atom stereocenters. The molecule has 2 aromatic rings. The van der Waals surface area contributed by atoms with Crippen LogP contribution in [-0.2, 0) is 17.8 Å². The highest BCUT2D eigenvalue weighted by atomic mass is 16.2. The van der Waals surface area contributed by atoms with Crippen LogP contribution in [0.5, 0.6) is 0 Å². The number of anilines is 1. The van der Waals surface area contributed by atoms with E-state index in [1.54, 1.807) is 0 Å². The van der Waals surface area contributed by atoms with Gasteiger partial charge in [-0.1, -0.05) is 56.0 Å². The molecule has 1 aliphatic carbocycles. The molecule has 1 heterocycles. The number of fused-ring (bicyclic) bond motifs is 1. The molecule has 0 bridgehead atoms. The molecule has 152 valence electrons. The Morgan fingerprint density at radius 2 is 1.83 bits per heavy atom. The SMILES string of the molecule is C[C@H]1Cc2ccc(CNC(=O)CCC3CCCC3)cc2N1C(=O)c1ccccc1. The van der Waals surface area contributed by atoms with E-state index in [1.807, 2.05) is 35.2 Å². The van der Waals surface area contributed by atoms with Gasteiger partial charge in [-0.2, -0.15) is 0 Å². The minimum absolute atomic E-state index is 0.0367. The number of rotatable bonds is 6. The Labute approximate surface area is 173 Å². The molecular formula is C25H30N2O2. The van der Waals surface area contributed by atoms with E-state index in [9.17, 15) is 9.59 Å². The molecule has 1 N–H and O–H groups in total. The van der Waals surface area contributed by atoms with E-state index in [1.165, 1.54) is 31.2 Å². The van der Waals surface area contributed by atoms with Gasteiger partial charge in [-0.15, -0.1) is 0 Å². The molecule has 0 saturated heterocycles. The van der Waals surface area contributed by atoms with Crippen LogP contribution in [0.4, 0.5) is 5.69 Å². The maximum absolute atomic E-state index is 13.1. The van der Waals surface area contributed by atoms with Crippen LogP contribution in [0.15, 0.2) is 48.5 Å². The van der Waals surface area contributed by atoms with Crippen molar-refractivity contribution in [2.75, 3.05) is 4.90 Å². The minimum Gasteiger partial charge on any atom is -0.352 e. The van der Waals surface area contributed by atoms with Gasteiger partial charge in [0.15, 0.2) is 0 Å². The quantitative estimate of drug-likeness (QED) is 0.765. The first kappa shape index (κ1) is 19.7. The number of nitrogens with one attached hydrogen (secondary N) is 1. The van der Waals surface area contributed by atoms with Gasteiger partial charge in [0.05, 0.1) is 0 Å². The number of carbonyl (C=O) groups excluding carboxylic acids is 2. The molecule has 0 aromatic heterocycles. The Kier molecular flexibility index (Phi) is 5.98. The summed E-state index contributed by atoms with van der Waals surface area (Å²) < 4.78 is 0. The molecule has 4 nitrogen and oxygen atoms in total. The lowest BCUT2D eigenvalue weighted by molar-refractivity contribution is -0.121. The van der Waals surface area contributed by atoms with Crippen molar-refractivity contribution in [3.8, 4) is 0 Å². The van der Waals surface area contributed by atoms with Gasteiger partial charge in [-0.25, -0.2) is 0 Å². The van der Waals surface area contributed by atoms with Crippen molar-refractivity contribution in [3.05, 3.63) is 65.2 Å². The minimum atomic E-state index is 0.0367. The summed E-state index contributed by atoms with van der Waals surface area (Å²) in [6.45, 7) is 2.60. The van der Waals surface area contributed by atoms with E-state index in [-0.39, 0.29) is 17.9 Å². The monoisotopic (exact) mass is 390 g/mol. The van der Waals surface area contributed by atoms with Gasteiger partial charge in [-0.3, -0.25) is 9.59 Å². The molecule has 29 heavy (non-hydrogen) atoms. The zero-order valence-electron chi connectivity index (χ0n) is 17.2. The number of hydrogen-bond donors (Lipinski definition) is 1. The van der Waals surface area contributed by atoms with Gasteiger partial charge in [0.1, 0.15) is 0 Å². The van der Waals surface area contributed by atoms with Gasteiger partial charge in [-0.05, 0) is 55.0 Å². The molecule has 1 saturated carbocycles. The van der Waals surface area contributed by atoms with Crippen molar-refractivity contribution >= 4 is 17.5 Å². The molecule has 0 spiro atoms. The summed E-state index contributed by atoms with van der Waals surface area (Å²) >= 11 is 0. The summed E-state index contributed by atoms with van der Waals surface area (Å²) in [5.41, 5.74) is 3.91. The van der Waals surface area contributed by atoms with Gasteiger partial charge in [0.25, 0.3) is 5.91 Å². The summed E-state index contributed by atoms with van der Waals surface area (Å²) in [4.78, 5) is 27.2. The standard InChI is InChI=1S/C25H30N2O2/c1-18-15-22-13-11-20(17-26-24(28)14-12-19-7-5-6-8-19)16-23(22)27(18)25(29)21-9-3-2-4-10-21/h2-4,9-11,13,16,18-19H,5-8,12,14-15,17H2,1H3,(H,26,28)/t18-/m0/s1. The van der Waals surface area contributed by atoms with Crippen LogP contribution in [0.1, 0.15) is 66.9 Å². The van der Waals surface area contributed by atoms with E-state index in [0.29, 0.717) is 18.5 Å². The molecular weight excluding hydrogens is 360 g/mol. The zero-order valence-corrected chi connectivity index (χ0v) is 17.2. The van der Waals surface area contributed by atoms with Crippen molar-refractivity contribution in [2.45, 2.75) is 64.5 Å². The number of benzene rings is 2. The number of amides is 2. The molecule has 2 aliphatic rings. The summed E-state index contributed by atoms with van der Waals surface area (Å²) in [7, 11) is 0. The highest BCUT2D eigenvalue weighted by Crippen LogP contribution is 2.34. The fourth-order valence-corrected chi connectivity index (χ4v) is 4.72. The van der Waals surface area contributed by atoms with E-state index in [2.05, 4.69) is 30.4 Å². The van der Waals surface area contributed by atoms with Crippen LogP contribution in [0, 0.1) is 5.92 Å². The van der Waals surface area contributed by atoms with Gasteiger partial charge < -0.3 is 10.2 Å². The Morgan fingerprint density at radius 3 is 2.59 bits per heavy atom. The second kappa shape index (κ2) is 8.81. The van der Waals surface area contributed by atoms with Crippen molar-refractivity contribution < 1.29 is 9.59 Å². The summed E-state index contributed by atoms with van der Waals surface area (Å²) in [6.07, 6.45) is 7.68. The van der Waals surface area contributed by atoms with E-state index < -0.39 is 0 Å². The molecule has 2 amide bonds. The average Bonchev–Trinajstić information content (AvgIpc) is 3.37. The van der Waals surface area contributed by atoms with Crippen LogP contribution in [0.2, 0.25) is 0 Å². The van der Waals surface area contributed by atoms with Gasteiger partial charge in [0.2, 0.25) is 5.91 Å². The first-order chi connectivity index (χ1) is 14.1. The Balaban J connectivity index is 1.40. The third-order valence-electron chi connectivity index (χ3n) is 6.35. The highest BCUT2D eigenvalue weighted by Gasteiger charge is 2.31. The van der Waals surface area contributed by atoms with Crippen LogP contribution < -0.4 is 10.2 Å². The molecule has 4 rings (SSSR count). The Hall–Kier alpha value is -2.62. The summed E-state index contributed by atoms with van der Waals surface area (Å²) in [5, 5.41) is 3.06. The second-order valence-corrected chi connectivity index (χ2v) is 8.52. The highest BCUT2D eigenvalue weighted by molar-refractivity contribution is 6.07. The predicted molar refractivity (Wildman–Crippen MR) is 116 cm³/mol. The normalized spacial score (nSPS) is 18.7. The van der Waals surface area contributed by atoms with Crippen LogP contribution in [0.3, 0.4) is 0 Å². The van der Waals surface area contributed by atoms with Crippen LogP contribution >= 0.6 is 0 Å². The van der Waals surface area contributed by atoms with Crippen molar-refractivity contribution in [1.82, 2.24) is 5.32 Å². The fourth-order valence-electron chi connectivity index (χ4n) is 4.72. The topological polar surface area (TPSA) is 49.4 Å². The summed E-state index contributed by atoms with van der Waals surface area (Å²) in [5.74, 6) is 0.900. The Bertz CT molecular complexity index is 872. The van der Waals surface area contributed by atoms with Crippen molar-refractivity contribution in [1.29, 1.82) is 0 Å². The van der Waals surface area contributed by atoms with E-state index in [4.69, 9.17) is 0 Å². The lowest BCUT2D eigenvalue weighted by Crippen LogP contribution is -2.35. The first-order valence-corrected chi connectivity index (χ1v) is 10.9. The molecule has 1 aliphatic heterocycles. The molecule has 0 radical (unpaired) electrons. The maximum atomic E-state index is 13.1. The molecule has 2 aromatic carbocycles. The average molecular weight is 391 g/mol. The smallest absolute Gasteiger partial charge is 0.258 e. The first-order valence-electron chi connectivity index (χ1n) is 10.9. The van der Waals surface area contributed by atoms with Gasteiger partial charge >= 0.3 is 0 Å². The number of nitrogens with zero attached hydrogens (tertiary/aromatic N) is 1. The third kappa shape index (κ3) is 4.52. The second-order valence-electron chi connectivity index (χ2n) is 8.52. The molecule has 1 fully saturated rings. The van der Waals surface area contributed by atoms with Crippen LogP contribution in [-0.4, -0.2) is 17.9 Å². The lowest BCUT2D eigenvalue weighted by atomic mass is 10.0. The lowest BCUT2D eigenvalue weighted by Gasteiger charge is -2.23. The number of carbonyl (C=O) groups is 2. The predicted octanol–water partition coefficient (Wildman–Crippen LogP) is 4.86. The zero-order chi connectivity index (χ0) is 20.2. The van der Waals surface area contributed by atoms with E-state index in [0.717, 1.165) is 30.0 Å². The summed E-state index contributed by atoms with van der Waals surface area (Å²) in [6, 6.07) is 15.8. The van der Waals surface area contributed by atoms with Crippen molar-refractivity contribution in [3.63, 3.8) is 0 Å². The number of hydrogen-bond acceptors (Lipinski definition) is 2.